The lowest BCUT2D eigenvalue weighted by atomic mass is 9.97. The van der Waals surface area contributed by atoms with Gasteiger partial charge < -0.3 is 13.7 Å². The van der Waals surface area contributed by atoms with E-state index >= 15 is 0 Å². The lowest BCUT2D eigenvalue weighted by Crippen LogP contribution is -2.26. The zero-order valence-electron chi connectivity index (χ0n) is 15.6. The van der Waals surface area contributed by atoms with Crippen LogP contribution in [0.4, 0.5) is 13.2 Å². The SMILES string of the molecule is CCOC1CC=C(OS(=O)(=O)C(F)(F)F)CC1.CCOC1CCC(=O)CC1. The third kappa shape index (κ3) is 8.61. The van der Waals surface area contributed by atoms with Crippen molar-refractivity contribution in [3.63, 3.8) is 0 Å². The number of rotatable bonds is 6. The summed E-state index contributed by atoms with van der Waals surface area (Å²) >= 11 is 0. The van der Waals surface area contributed by atoms with Crippen LogP contribution < -0.4 is 0 Å². The summed E-state index contributed by atoms with van der Waals surface area (Å²) in [7, 11) is -5.54. The minimum atomic E-state index is -5.54. The minimum Gasteiger partial charge on any atom is -0.381 e. The molecule has 0 heterocycles. The minimum absolute atomic E-state index is 0.0825. The second-order valence-corrected chi connectivity index (χ2v) is 7.74. The molecule has 0 aromatic heterocycles. The molecule has 1 atom stereocenters. The van der Waals surface area contributed by atoms with Crippen molar-refractivity contribution >= 4 is 15.9 Å². The van der Waals surface area contributed by atoms with Crippen LogP contribution in [0.15, 0.2) is 11.8 Å². The van der Waals surface area contributed by atoms with Gasteiger partial charge in [0.15, 0.2) is 0 Å². The molecule has 0 aromatic carbocycles. The van der Waals surface area contributed by atoms with E-state index in [0.29, 0.717) is 31.3 Å². The second-order valence-electron chi connectivity index (χ2n) is 6.20. The molecule has 2 rings (SSSR count). The topological polar surface area (TPSA) is 78.9 Å². The monoisotopic (exact) mass is 416 g/mol. The van der Waals surface area contributed by atoms with Crippen molar-refractivity contribution in [2.75, 3.05) is 13.2 Å². The van der Waals surface area contributed by atoms with E-state index in [0.717, 1.165) is 32.3 Å². The first-order valence-electron chi connectivity index (χ1n) is 9.03. The standard InChI is InChI=1S/C9H13F3O4S.C8H14O2/c1-2-15-7-3-5-8(6-4-7)16-17(13,14)9(10,11)12;1-2-10-8-5-3-7(9)4-6-8/h5,7H,2-4,6H2,1H3;8H,2-6H2,1H3. The fourth-order valence-corrected chi connectivity index (χ4v) is 3.28. The molecule has 0 bridgehead atoms. The molecule has 0 spiro atoms. The van der Waals surface area contributed by atoms with E-state index in [1.807, 2.05) is 13.8 Å². The first kappa shape index (κ1) is 23.9. The third-order valence-corrected chi connectivity index (χ3v) is 5.12. The van der Waals surface area contributed by atoms with Crippen LogP contribution in [0.3, 0.4) is 0 Å². The maximum atomic E-state index is 12.0. The largest absolute Gasteiger partial charge is 0.534 e. The Morgan fingerprint density at radius 1 is 1.00 bits per heavy atom. The number of alkyl halides is 3. The highest BCUT2D eigenvalue weighted by Gasteiger charge is 2.48. The van der Waals surface area contributed by atoms with Crippen molar-refractivity contribution < 1.29 is 40.0 Å². The fourth-order valence-electron chi connectivity index (χ4n) is 2.75. The van der Waals surface area contributed by atoms with Gasteiger partial charge in [-0.15, -0.1) is 0 Å². The van der Waals surface area contributed by atoms with E-state index in [1.165, 1.54) is 6.08 Å². The van der Waals surface area contributed by atoms with E-state index in [2.05, 4.69) is 4.18 Å². The predicted octanol–water partition coefficient (Wildman–Crippen LogP) is 3.86. The normalized spacial score (nSPS) is 21.9. The zero-order chi connectivity index (χ0) is 20.5. The van der Waals surface area contributed by atoms with Gasteiger partial charge in [-0.2, -0.15) is 21.6 Å². The number of allylic oxidation sites excluding steroid dienone is 1. The molecule has 0 saturated heterocycles. The van der Waals surface area contributed by atoms with E-state index in [9.17, 15) is 26.4 Å². The quantitative estimate of drug-likeness (QED) is 0.483. The Morgan fingerprint density at radius 2 is 1.52 bits per heavy atom. The van der Waals surface area contributed by atoms with Gasteiger partial charge in [0, 0.05) is 32.5 Å². The molecule has 6 nitrogen and oxygen atoms in total. The summed E-state index contributed by atoms with van der Waals surface area (Å²) in [6.07, 6.45) is 5.87. The Hall–Kier alpha value is -1.13. The Balaban J connectivity index is 0.000000309. The summed E-state index contributed by atoms with van der Waals surface area (Å²) in [5.74, 6) is 0.231. The van der Waals surface area contributed by atoms with Gasteiger partial charge in [0.2, 0.25) is 0 Å². The molecule has 1 fully saturated rings. The smallest absolute Gasteiger partial charge is 0.381 e. The molecule has 0 radical (unpaired) electrons. The van der Waals surface area contributed by atoms with Gasteiger partial charge in [0.1, 0.15) is 11.5 Å². The van der Waals surface area contributed by atoms with Crippen molar-refractivity contribution in [1.82, 2.24) is 0 Å². The number of Topliss-reactive ketones (excluding diaryl/α,β-unsaturated/α-hetero) is 1. The molecule has 10 heteroatoms. The summed E-state index contributed by atoms with van der Waals surface area (Å²) in [4.78, 5) is 10.8. The first-order chi connectivity index (χ1) is 12.6. The molecule has 1 saturated carbocycles. The number of ether oxygens (including phenoxy) is 2. The summed E-state index contributed by atoms with van der Waals surface area (Å²) in [5.41, 5.74) is -5.38. The van der Waals surface area contributed by atoms with Gasteiger partial charge in [0.25, 0.3) is 0 Å². The van der Waals surface area contributed by atoms with Gasteiger partial charge in [-0.05, 0) is 45.6 Å². The van der Waals surface area contributed by atoms with Crippen molar-refractivity contribution in [2.45, 2.75) is 76.5 Å². The van der Waals surface area contributed by atoms with Gasteiger partial charge in [-0.1, -0.05) is 0 Å². The molecule has 2 aliphatic carbocycles. The highest BCUT2D eigenvalue weighted by Crippen LogP contribution is 2.30. The Bertz CT molecular complexity index is 590. The lowest BCUT2D eigenvalue weighted by molar-refractivity contribution is -0.122. The number of hydrogen-bond donors (Lipinski definition) is 0. The van der Waals surface area contributed by atoms with Gasteiger partial charge in [-0.3, -0.25) is 4.79 Å². The molecular formula is C17H27F3O6S. The Morgan fingerprint density at radius 3 is 1.96 bits per heavy atom. The third-order valence-electron chi connectivity index (χ3n) is 4.12. The number of halogens is 3. The lowest BCUT2D eigenvalue weighted by Gasteiger charge is -2.21. The Kier molecular flexibility index (Phi) is 9.75. The summed E-state index contributed by atoms with van der Waals surface area (Å²) < 4.78 is 72.1. The predicted molar refractivity (Wildman–Crippen MR) is 92.3 cm³/mol. The van der Waals surface area contributed by atoms with Gasteiger partial charge >= 0.3 is 15.6 Å². The van der Waals surface area contributed by atoms with Gasteiger partial charge in [0.05, 0.1) is 12.2 Å². The molecule has 2 aliphatic rings. The van der Waals surface area contributed by atoms with E-state index in [4.69, 9.17) is 9.47 Å². The summed E-state index contributed by atoms with van der Waals surface area (Å²) in [6.45, 7) is 5.09. The summed E-state index contributed by atoms with van der Waals surface area (Å²) in [6, 6.07) is 0. The molecule has 0 amide bonds. The average molecular weight is 416 g/mol. The van der Waals surface area contributed by atoms with Crippen LogP contribution in [-0.2, 0) is 28.6 Å². The van der Waals surface area contributed by atoms with Crippen LogP contribution in [0.5, 0.6) is 0 Å². The number of carbonyl (C=O) groups is 1. The number of ketones is 1. The molecule has 1 unspecified atom stereocenters. The van der Waals surface area contributed by atoms with Crippen molar-refractivity contribution in [2.24, 2.45) is 0 Å². The number of hydrogen-bond acceptors (Lipinski definition) is 6. The maximum Gasteiger partial charge on any atom is 0.534 e. The second kappa shape index (κ2) is 11.0. The highest BCUT2D eigenvalue weighted by molar-refractivity contribution is 7.87. The van der Waals surface area contributed by atoms with Crippen LogP contribution in [0.25, 0.3) is 0 Å². The van der Waals surface area contributed by atoms with Crippen LogP contribution in [0.1, 0.15) is 58.8 Å². The van der Waals surface area contributed by atoms with E-state index < -0.39 is 15.6 Å². The maximum absolute atomic E-state index is 12.0. The molecule has 0 N–H and O–H groups in total. The van der Waals surface area contributed by atoms with Gasteiger partial charge in [-0.25, -0.2) is 0 Å². The van der Waals surface area contributed by atoms with Crippen molar-refractivity contribution in [1.29, 1.82) is 0 Å². The average Bonchev–Trinajstić information content (AvgIpc) is 2.59. The highest BCUT2D eigenvalue weighted by atomic mass is 32.2. The van der Waals surface area contributed by atoms with E-state index in [-0.39, 0.29) is 18.3 Å². The van der Waals surface area contributed by atoms with E-state index in [1.54, 1.807) is 0 Å². The van der Waals surface area contributed by atoms with Crippen molar-refractivity contribution in [3.05, 3.63) is 11.8 Å². The summed E-state index contributed by atoms with van der Waals surface area (Å²) in [5, 5.41) is 0. The number of carbonyl (C=O) groups excluding carboxylic acids is 1. The van der Waals surface area contributed by atoms with Crippen LogP contribution in [0.2, 0.25) is 0 Å². The molecule has 0 aliphatic heterocycles. The Labute approximate surface area is 158 Å². The molecular weight excluding hydrogens is 389 g/mol. The fraction of sp³-hybridized carbons (Fsp3) is 0.824. The van der Waals surface area contributed by atoms with Crippen LogP contribution in [-0.4, -0.2) is 45.1 Å². The zero-order valence-corrected chi connectivity index (χ0v) is 16.4. The first-order valence-corrected chi connectivity index (χ1v) is 10.4. The van der Waals surface area contributed by atoms with Crippen LogP contribution >= 0.6 is 0 Å². The molecule has 0 aromatic rings. The molecule has 27 heavy (non-hydrogen) atoms. The van der Waals surface area contributed by atoms with Crippen molar-refractivity contribution in [3.8, 4) is 0 Å². The van der Waals surface area contributed by atoms with Crippen LogP contribution in [0, 0.1) is 0 Å². The molecule has 158 valence electrons.